The number of urea groups is 1. The Morgan fingerprint density at radius 1 is 1.00 bits per heavy atom. The molecule has 0 spiro atoms. The molecule has 10 heteroatoms. The number of hydrogen-bond donors (Lipinski definition) is 2. The molecule has 0 radical (unpaired) electrons. The third-order valence-corrected chi connectivity index (χ3v) is 8.33. The van der Waals surface area contributed by atoms with Gasteiger partial charge in [0.15, 0.2) is 0 Å². The van der Waals surface area contributed by atoms with Crippen molar-refractivity contribution in [1.29, 1.82) is 0 Å². The fourth-order valence-corrected chi connectivity index (χ4v) is 5.61. The number of nitrogens with one attached hydrogen (secondary N) is 2. The van der Waals surface area contributed by atoms with Gasteiger partial charge in [-0.3, -0.25) is 19.5 Å². The molecule has 3 unspecified atom stereocenters. The smallest absolute Gasteiger partial charge is 0.317 e. The van der Waals surface area contributed by atoms with Crippen molar-refractivity contribution in [2.75, 3.05) is 45.8 Å². The van der Waals surface area contributed by atoms with E-state index in [-0.39, 0.29) is 25.5 Å². The molecule has 1 saturated carbocycles. The van der Waals surface area contributed by atoms with Gasteiger partial charge in [-0.05, 0) is 41.9 Å². The van der Waals surface area contributed by atoms with Gasteiger partial charge >= 0.3 is 6.03 Å². The van der Waals surface area contributed by atoms with Gasteiger partial charge in [0.25, 0.3) is 0 Å². The maximum atomic E-state index is 14.6. The molecular weight excluding hydrogens is 523 g/mol. The number of halogens is 1. The number of piperazine rings is 1. The van der Waals surface area contributed by atoms with Gasteiger partial charge in [0.2, 0.25) is 11.8 Å². The van der Waals surface area contributed by atoms with Crippen molar-refractivity contribution in [3.63, 3.8) is 0 Å². The number of pyridine rings is 1. The van der Waals surface area contributed by atoms with Crippen molar-refractivity contribution in [2.45, 2.75) is 57.3 Å². The minimum Gasteiger partial charge on any atom is -0.342 e. The molecule has 4 amide bonds. The Balaban J connectivity index is 1.20. The predicted molar refractivity (Wildman–Crippen MR) is 154 cm³/mol. The van der Waals surface area contributed by atoms with E-state index < -0.39 is 30.1 Å². The second-order valence-electron chi connectivity index (χ2n) is 11.8. The summed E-state index contributed by atoms with van der Waals surface area (Å²) in [6.07, 6.45) is 3.00. The zero-order valence-corrected chi connectivity index (χ0v) is 24.0. The molecule has 2 aliphatic heterocycles. The van der Waals surface area contributed by atoms with Crippen LogP contribution in [-0.4, -0.2) is 95.6 Å². The van der Waals surface area contributed by atoms with Gasteiger partial charge < -0.3 is 20.4 Å². The Labute approximate surface area is 241 Å². The molecule has 3 heterocycles. The summed E-state index contributed by atoms with van der Waals surface area (Å²) in [4.78, 5) is 49.4. The molecular formula is C31H41FN6O3. The van der Waals surface area contributed by atoms with E-state index in [1.165, 1.54) is 17.7 Å². The molecule has 3 atom stereocenters. The van der Waals surface area contributed by atoms with E-state index in [0.29, 0.717) is 24.7 Å². The van der Waals surface area contributed by atoms with E-state index in [4.69, 9.17) is 0 Å². The van der Waals surface area contributed by atoms with Crippen LogP contribution in [0.3, 0.4) is 0 Å². The molecule has 5 rings (SSSR count). The Bertz CT molecular complexity index is 1200. The summed E-state index contributed by atoms with van der Waals surface area (Å²) in [6.45, 7) is 7.70. The summed E-state index contributed by atoms with van der Waals surface area (Å²) in [7, 11) is 0. The molecule has 2 saturated heterocycles. The van der Waals surface area contributed by atoms with Crippen LogP contribution >= 0.6 is 0 Å². The summed E-state index contributed by atoms with van der Waals surface area (Å²) >= 11 is 0. The second kappa shape index (κ2) is 13.0. The number of likely N-dealkylation sites (tertiary alicyclic amines) is 1. The van der Waals surface area contributed by atoms with Crippen molar-refractivity contribution in [1.82, 2.24) is 30.3 Å². The second-order valence-corrected chi connectivity index (χ2v) is 11.8. The van der Waals surface area contributed by atoms with Crippen molar-refractivity contribution in [3.8, 4) is 0 Å². The third kappa shape index (κ3) is 7.41. The monoisotopic (exact) mass is 564 g/mol. The Hall–Kier alpha value is -3.53. The van der Waals surface area contributed by atoms with Crippen LogP contribution < -0.4 is 10.6 Å². The van der Waals surface area contributed by atoms with Gasteiger partial charge in [-0.15, -0.1) is 0 Å². The standard InChI is InChI=1S/C31H41FN6O3/c1-21(2)24-10-11-26(33-17-24)29(23-6-4-3-5-7-23)35-30(40)27-16-25(32)20-38(27)28(39)18-34-31(41)37-14-12-36(13-15-37)19-22-8-9-22/h3-7,10-11,17,21-22,25,27,29H,8-9,12-16,18-20H2,1-2H3,(H,34,41)(H,35,40). The van der Waals surface area contributed by atoms with Crippen LogP contribution in [0, 0.1) is 5.92 Å². The van der Waals surface area contributed by atoms with Crippen molar-refractivity contribution >= 4 is 17.8 Å². The van der Waals surface area contributed by atoms with E-state index in [1.54, 1.807) is 11.1 Å². The number of aromatic nitrogens is 1. The molecule has 3 fully saturated rings. The Morgan fingerprint density at radius 2 is 1.73 bits per heavy atom. The zero-order valence-electron chi connectivity index (χ0n) is 24.0. The maximum Gasteiger partial charge on any atom is 0.317 e. The molecule has 3 aliphatic rings. The van der Waals surface area contributed by atoms with E-state index in [2.05, 4.69) is 34.4 Å². The number of carbonyl (C=O) groups excluding carboxylic acids is 3. The van der Waals surface area contributed by atoms with Crippen molar-refractivity contribution in [3.05, 3.63) is 65.5 Å². The highest BCUT2D eigenvalue weighted by molar-refractivity contribution is 5.91. The van der Waals surface area contributed by atoms with Crippen molar-refractivity contribution in [2.24, 2.45) is 5.92 Å². The number of amides is 4. The molecule has 41 heavy (non-hydrogen) atoms. The highest BCUT2D eigenvalue weighted by Crippen LogP contribution is 2.30. The highest BCUT2D eigenvalue weighted by atomic mass is 19.1. The van der Waals surface area contributed by atoms with Crippen LogP contribution in [0.25, 0.3) is 0 Å². The lowest BCUT2D eigenvalue weighted by Crippen LogP contribution is -2.54. The third-order valence-electron chi connectivity index (χ3n) is 8.33. The summed E-state index contributed by atoms with van der Waals surface area (Å²) in [5, 5.41) is 5.71. The number of carbonyl (C=O) groups is 3. The largest absolute Gasteiger partial charge is 0.342 e. The average molecular weight is 565 g/mol. The minimum atomic E-state index is -1.32. The molecule has 220 valence electrons. The van der Waals surface area contributed by atoms with Gasteiger partial charge in [-0.2, -0.15) is 0 Å². The molecule has 1 aromatic heterocycles. The summed E-state index contributed by atoms with van der Waals surface area (Å²) in [5.41, 5.74) is 2.58. The van der Waals surface area contributed by atoms with E-state index in [1.807, 2.05) is 42.5 Å². The topological polar surface area (TPSA) is 97.9 Å². The van der Waals surface area contributed by atoms with Crippen LogP contribution in [0.2, 0.25) is 0 Å². The summed E-state index contributed by atoms with van der Waals surface area (Å²) < 4.78 is 14.6. The number of nitrogens with zero attached hydrogens (tertiary/aromatic N) is 4. The Morgan fingerprint density at radius 3 is 2.37 bits per heavy atom. The minimum absolute atomic E-state index is 0.0876. The molecule has 1 aliphatic carbocycles. The molecule has 2 aromatic rings. The average Bonchev–Trinajstić information content (AvgIpc) is 3.72. The summed E-state index contributed by atoms with van der Waals surface area (Å²) in [6, 6.07) is 11.5. The molecule has 1 aromatic carbocycles. The summed E-state index contributed by atoms with van der Waals surface area (Å²) in [5.74, 6) is 0.211. The SMILES string of the molecule is CC(C)c1ccc(C(NC(=O)C2CC(F)CN2C(=O)CNC(=O)N2CCN(CC3CC3)CC2)c2ccccc2)nc1. The normalized spacial score (nSPS) is 22.0. The van der Waals surface area contributed by atoms with Crippen LogP contribution in [0.5, 0.6) is 0 Å². The zero-order chi connectivity index (χ0) is 28.9. The first-order valence-electron chi connectivity index (χ1n) is 14.8. The lowest BCUT2D eigenvalue weighted by atomic mass is 10.00. The van der Waals surface area contributed by atoms with Crippen LogP contribution in [0.4, 0.5) is 9.18 Å². The number of benzene rings is 1. The van der Waals surface area contributed by atoms with E-state index in [9.17, 15) is 18.8 Å². The van der Waals surface area contributed by atoms with E-state index >= 15 is 0 Å². The first-order chi connectivity index (χ1) is 19.8. The fourth-order valence-electron chi connectivity index (χ4n) is 5.61. The molecule has 0 bridgehead atoms. The first-order valence-corrected chi connectivity index (χ1v) is 14.8. The van der Waals surface area contributed by atoms with Crippen LogP contribution in [0.15, 0.2) is 48.7 Å². The molecule has 2 N–H and O–H groups in total. The van der Waals surface area contributed by atoms with Gasteiger partial charge in [0.1, 0.15) is 12.2 Å². The lowest BCUT2D eigenvalue weighted by Gasteiger charge is -2.34. The van der Waals surface area contributed by atoms with Crippen molar-refractivity contribution < 1.29 is 18.8 Å². The first kappa shape index (κ1) is 29.0. The van der Waals surface area contributed by atoms with E-state index in [0.717, 1.165) is 36.7 Å². The number of rotatable bonds is 9. The van der Waals surface area contributed by atoms with Gasteiger partial charge in [0, 0.05) is 45.3 Å². The highest BCUT2D eigenvalue weighted by Gasteiger charge is 2.40. The van der Waals surface area contributed by atoms with Crippen LogP contribution in [-0.2, 0) is 9.59 Å². The predicted octanol–water partition coefficient (Wildman–Crippen LogP) is 3.09. The number of hydrogen-bond acceptors (Lipinski definition) is 5. The Kier molecular flexibility index (Phi) is 9.17. The fraction of sp³-hybridized carbons (Fsp3) is 0.548. The maximum absolute atomic E-state index is 14.6. The van der Waals surface area contributed by atoms with Gasteiger partial charge in [-0.25, -0.2) is 9.18 Å². The quantitative estimate of drug-likeness (QED) is 0.488. The van der Waals surface area contributed by atoms with Gasteiger partial charge in [0.05, 0.1) is 24.8 Å². The van der Waals surface area contributed by atoms with Crippen LogP contribution in [0.1, 0.15) is 61.9 Å². The molecule has 9 nitrogen and oxygen atoms in total. The van der Waals surface area contributed by atoms with Gasteiger partial charge in [-0.1, -0.05) is 50.2 Å². The lowest BCUT2D eigenvalue weighted by molar-refractivity contribution is -0.137. The number of alkyl halides is 1.